The van der Waals surface area contributed by atoms with E-state index in [-0.39, 0.29) is 0 Å². The number of thiophene rings is 1. The highest BCUT2D eigenvalue weighted by molar-refractivity contribution is 7.80. The molecule has 104 valence electrons. The van der Waals surface area contributed by atoms with Gasteiger partial charge in [0.15, 0.2) is 5.11 Å². The fourth-order valence-electron chi connectivity index (χ4n) is 1.49. The molecule has 1 aromatic carbocycles. The Hall–Kier alpha value is -1.43. The lowest BCUT2D eigenvalue weighted by Gasteiger charge is -2.17. The third kappa shape index (κ3) is 4.03. The highest BCUT2D eigenvalue weighted by Gasteiger charge is 2.05. The average molecular weight is 324 g/mol. The minimum atomic E-state index is 0.517. The second-order valence-electron chi connectivity index (χ2n) is 4.17. The molecule has 0 atom stereocenters. The van der Waals surface area contributed by atoms with E-state index in [1.165, 1.54) is 0 Å². The standard InChI is InChI=1S/C14H14ClN3S2/c1-10-5-6-11(15)8-13(10)17-14(19)18(2)16-9-12-4-3-7-20-12/h3-9H,1-2H3,(H,17,19)/b16-9+. The number of benzene rings is 1. The fourth-order valence-corrected chi connectivity index (χ4v) is 2.39. The van der Waals surface area contributed by atoms with Crippen molar-refractivity contribution in [1.29, 1.82) is 0 Å². The van der Waals surface area contributed by atoms with Gasteiger partial charge in [0.1, 0.15) is 0 Å². The van der Waals surface area contributed by atoms with Crippen LogP contribution in [0.15, 0.2) is 40.8 Å². The van der Waals surface area contributed by atoms with Gasteiger partial charge in [-0.25, -0.2) is 5.01 Å². The predicted octanol–water partition coefficient (Wildman–Crippen LogP) is 4.37. The molecular formula is C14H14ClN3S2. The SMILES string of the molecule is Cc1ccc(Cl)cc1NC(=S)N(C)/N=C/c1cccs1. The molecule has 1 N–H and O–H groups in total. The van der Waals surface area contributed by atoms with Gasteiger partial charge < -0.3 is 5.32 Å². The Morgan fingerprint density at radius 3 is 2.95 bits per heavy atom. The first kappa shape index (κ1) is 15.0. The van der Waals surface area contributed by atoms with Crippen molar-refractivity contribution < 1.29 is 0 Å². The van der Waals surface area contributed by atoms with Crippen LogP contribution in [-0.4, -0.2) is 23.4 Å². The van der Waals surface area contributed by atoms with Crippen molar-refractivity contribution in [3.8, 4) is 0 Å². The number of anilines is 1. The van der Waals surface area contributed by atoms with Crippen LogP contribution in [0.2, 0.25) is 5.02 Å². The van der Waals surface area contributed by atoms with E-state index in [4.69, 9.17) is 23.8 Å². The van der Waals surface area contributed by atoms with Gasteiger partial charge in [0.25, 0.3) is 0 Å². The van der Waals surface area contributed by atoms with E-state index < -0.39 is 0 Å². The second-order valence-corrected chi connectivity index (χ2v) is 5.98. The zero-order chi connectivity index (χ0) is 14.5. The summed E-state index contributed by atoms with van der Waals surface area (Å²) in [5, 5.41) is 12.3. The molecule has 0 saturated heterocycles. The van der Waals surface area contributed by atoms with Crippen LogP contribution in [0, 0.1) is 6.92 Å². The summed E-state index contributed by atoms with van der Waals surface area (Å²) in [4.78, 5) is 1.08. The third-order valence-corrected chi connectivity index (χ3v) is 4.04. The number of hydrogen-bond donors (Lipinski definition) is 1. The molecule has 0 spiro atoms. The largest absolute Gasteiger partial charge is 0.331 e. The Labute approximate surface area is 132 Å². The molecule has 0 radical (unpaired) electrons. The van der Waals surface area contributed by atoms with E-state index in [0.717, 1.165) is 16.1 Å². The van der Waals surface area contributed by atoms with E-state index >= 15 is 0 Å². The lowest BCUT2D eigenvalue weighted by molar-refractivity contribution is 0.557. The van der Waals surface area contributed by atoms with Gasteiger partial charge >= 0.3 is 0 Å². The Kier molecular flexibility index (Phi) is 5.11. The molecule has 20 heavy (non-hydrogen) atoms. The van der Waals surface area contributed by atoms with E-state index in [2.05, 4.69) is 10.4 Å². The monoisotopic (exact) mass is 323 g/mol. The van der Waals surface area contributed by atoms with Crippen molar-refractivity contribution in [2.75, 3.05) is 12.4 Å². The first-order valence-electron chi connectivity index (χ1n) is 5.94. The number of halogens is 1. The van der Waals surface area contributed by atoms with Gasteiger partial charge in [-0.05, 0) is 48.3 Å². The van der Waals surface area contributed by atoms with Crippen LogP contribution in [0.3, 0.4) is 0 Å². The Morgan fingerprint density at radius 2 is 2.25 bits per heavy atom. The number of thiocarbonyl (C=S) groups is 1. The molecule has 1 heterocycles. The molecule has 0 saturated carbocycles. The summed E-state index contributed by atoms with van der Waals surface area (Å²) in [5.41, 5.74) is 1.97. The summed E-state index contributed by atoms with van der Waals surface area (Å²) < 4.78 is 0. The minimum Gasteiger partial charge on any atom is -0.331 e. The maximum Gasteiger partial charge on any atom is 0.193 e. The van der Waals surface area contributed by atoms with Crippen molar-refractivity contribution in [2.45, 2.75) is 6.92 Å². The summed E-state index contributed by atoms with van der Waals surface area (Å²) in [6, 6.07) is 9.63. The molecule has 0 aliphatic rings. The number of nitrogens with zero attached hydrogens (tertiary/aromatic N) is 2. The van der Waals surface area contributed by atoms with Gasteiger partial charge in [-0.2, -0.15) is 5.10 Å². The van der Waals surface area contributed by atoms with Crippen molar-refractivity contribution in [3.05, 3.63) is 51.2 Å². The van der Waals surface area contributed by atoms with Crippen LogP contribution in [0.25, 0.3) is 0 Å². The van der Waals surface area contributed by atoms with E-state index in [0.29, 0.717) is 10.1 Å². The highest BCUT2D eigenvalue weighted by Crippen LogP contribution is 2.20. The van der Waals surface area contributed by atoms with Crippen LogP contribution in [0.1, 0.15) is 10.4 Å². The molecule has 0 amide bonds. The third-order valence-electron chi connectivity index (χ3n) is 2.64. The number of hydrazone groups is 1. The van der Waals surface area contributed by atoms with Crippen LogP contribution >= 0.6 is 35.2 Å². The molecule has 3 nitrogen and oxygen atoms in total. The quantitative estimate of drug-likeness (QED) is 0.516. The first-order chi connectivity index (χ1) is 9.56. The van der Waals surface area contributed by atoms with Crippen LogP contribution < -0.4 is 5.32 Å². The van der Waals surface area contributed by atoms with Crippen molar-refractivity contribution >= 4 is 52.2 Å². The fraction of sp³-hybridized carbons (Fsp3) is 0.143. The summed E-state index contributed by atoms with van der Waals surface area (Å²) in [5.74, 6) is 0. The summed E-state index contributed by atoms with van der Waals surface area (Å²) in [6.07, 6.45) is 1.78. The Balaban J connectivity index is 2.02. The first-order valence-corrected chi connectivity index (χ1v) is 7.61. The normalized spacial score (nSPS) is 10.8. The highest BCUT2D eigenvalue weighted by atomic mass is 35.5. The maximum atomic E-state index is 5.98. The van der Waals surface area contributed by atoms with Gasteiger partial charge in [-0.1, -0.05) is 23.7 Å². The molecule has 1 aromatic heterocycles. The molecule has 0 unspecified atom stereocenters. The topological polar surface area (TPSA) is 27.6 Å². The average Bonchev–Trinajstić information content (AvgIpc) is 2.93. The molecule has 0 fully saturated rings. The lowest BCUT2D eigenvalue weighted by Crippen LogP contribution is -2.27. The number of rotatable bonds is 3. The zero-order valence-corrected chi connectivity index (χ0v) is 13.5. The minimum absolute atomic E-state index is 0.517. The van der Waals surface area contributed by atoms with Gasteiger partial charge in [-0.3, -0.25) is 0 Å². The smallest absolute Gasteiger partial charge is 0.193 e. The predicted molar refractivity (Wildman–Crippen MR) is 92.1 cm³/mol. The molecular weight excluding hydrogens is 310 g/mol. The number of hydrogen-bond acceptors (Lipinski definition) is 3. The van der Waals surface area contributed by atoms with E-state index in [1.807, 2.05) is 42.6 Å². The Bertz CT molecular complexity index is 623. The van der Waals surface area contributed by atoms with Crippen LogP contribution in [0.5, 0.6) is 0 Å². The second kappa shape index (κ2) is 6.83. The molecule has 0 aliphatic heterocycles. The van der Waals surface area contributed by atoms with Gasteiger partial charge in [0.2, 0.25) is 0 Å². The van der Waals surface area contributed by atoms with Crippen LogP contribution in [0.4, 0.5) is 5.69 Å². The van der Waals surface area contributed by atoms with Crippen molar-refractivity contribution in [2.24, 2.45) is 5.10 Å². The van der Waals surface area contributed by atoms with Gasteiger partial charge in [0, 0.05) is 22.6 Å². The van der Waals surface area contributed by atoms with Crippen molar-refractivity contribution in [3.63, 3.8) is 0 Å². The molecule has 0 aliphatic carbocycles. The molecule has 6 heteroatoms. The van der Waals surface area contributed by atoms with Crippen LogP contribution in [-0.2, 0) is 0 Å². The zero-order valence-electron chi connectivity index (χ0n) is 11.1. The lowest BCUT2D eigenvalue weighted by atomic mass is 10.2. The summed E-state index contributed by atoms with van der Waals surface area (Å²) in [7, 11) is 1.80. The Morgan fingerprint density at radius 1 is 1.45 bits per heavy atom. The summed E-state index contributed by atoms with van der Waals surface area (Å²) in [6.45, 7) is 2.00. The van der Waals surface area contributed by atoms with Gasteiger partial charge in [-0.15, -0.1) is 11.3 Å². The molecule has 2 aromatic rings. The number of aryl methyl sites for hydroxylation is 1. The van der Waals surface area contributed by atoms with E-state index in [1.54, 1.807) is 29.6 Å². The maximum absolute atomic E-state index is 5.98. The molecule has 2 rings (SSSR count). The number of nitrogens with one attached hydrogen (secondary N) is 1. The van der Waals surface area contributed by atoms with E-state index in [9.17, 15) is 0 Å². The molecule has 0 bridgehead atoms. The van der Waals surface area contributed by atoms with Crippen molar-refractivity contribution in [1.82, 2.24) is 5.01 Å². The van der Waals surface area contributed by atoms with Gasteiger partial charge in [0.05, 0.1) is 6.21 Å². The summed E-state index contributed by atoms with van der Waals surface area (Å²) >= 11 is 12.9.